The summed E-state index contributed by atoms with van der Waals surface area (Å²) >= 11 is 6.93. The number of fused-ring (bicyclic) bond motifs is 1. The summed E-state index contributed by atoms with van der Waals surface area (Å²) in [6.45, 7) is 17.5. The van der Waals surface area contributed by atoms with Crippen molar-refractivity contribution in [1.82, 2.24) is 0 Å². The van der Waals surface area contributed by atoms with Crippen molar-refractivity contribution < 1.29 is 23.4 Å². The number of ether oxygens (including phenoxy) is 3. The lowest BCUT2D eigenvalue weighted by molar-refractivity contribution is -0.140. The van der Waals surface area contributed by atoms with E-state index in [9.17, 15) is 9.18 Å². The summed E-state index contributed by atoms with van der Waals surface area (Å²) in [6, 6.07) is 2.07. The first-order chi connectivity index (χ1) is 16.3. The van der Waals surface area contributed by atoms with E-state index in [1.165, 1.54) is 6.92 Å². The molecule has 0 spiro atoms. The van der Waals surface area contributed by atoms with Crippen LogP contribution in [0.25, 0.3) is 11.1 Å². The van der Waals surface area contributed by atoms with E-state index >= 15 is 0 Å². The molecule has 0 unspecified atom stereocenters. The average Bonchev–Trinajstić information content (AvgIpc) is 2.77. The Labute approximate surface area is 214 Å². The first-order valence-electron chi connectivity index (χ1n) is 12.2. The average molecular weight is 505 g/mol. The molecule has 35 heavy (non-hydrogen) atoms. The molecule has 4 nitrogen and oxygen atoms in total. The third kappa shape index (κ3) is 7.00. The molecule has 192 valence electrons. The molecule has 0 atom stereocenters. The maximum atomic E-state index is 14.2. The third-order valence-corrected chi connectivity index (χ3v) is 5.85. The van der Waals surface area contributed by atoms with Gasteiger partial charge in [0.05, 0.1) is 12.7 Å². The van der Waals surface area contributed by atoms with Crippen LogP contribution in [0.3, 0.4) is 0 Å². The molecule has 6 heteroatoms. The molecule has 1 aromatic carbocycles. The van der Waals surface area contributed by atoms with Gasteiger partial charge in [-0.05, 0) is 82.7 Å². The molecule has 0 aliphatic carbocycles. The van der Waals surface area contributed by atoms with Gasteiger partial charge in [-0.3, -0.25) is 0 Å². The third-order valence-electron chi connectivity index (χ3n) is 5.50. The summed E-state index contributed by atoms with van der Waals surface area (Å²) in [6.07, 6.45) is 7.89. The molecule has 1 aromatic rings. The van der Waals surface area contributed by atoms with E-state index in [2.05, 4.69) is 26.0 Å². The molecule has 0 saturated heterocycles. The maximum absolute atomic E-state index is 14.2. The second-order valence-electron chi connectivity index (χ2n) is 9.69. The molecule has 0 bridgehead atoms. The van der Waals surface area contributed by atoms with Crippen LogP contribution >= 0.6 is 11.6 Å². The number of benzene rings is 1. The summed E-state index contributed by atoms with van der Waals surface area (Å²) in [7, 11) is 0. The highest BCUT2D eigenvalue weighted by molar-refractivity contribution is 6.34. The van der Waals surface area contributed by atoms with Crippen molar-refractivity contribution in [2.24, 2.45) is 5.92 Å². The van der Waals surface area contributed by atoms with Crippen molar-refractivity contribution in [3.8, 4) is 11.5 Å². The second kappa shape index (κ2) is 11.9. The molecule has 0 saturated carbocycles. The molecule has 0 amide bonds. The second-order valence-corrected chi connectivity index (χ2v) is 10.1. The minimum Gasteiger partial charge on any atom is -0.489 e. The van der Waals surface area contributed by atoms with Crippen molar-refractivity contribution in [2.45, 2.75) is 80.4 Å². The minimum absolute atomic E-state index is 0.0986. The van der Waals surface area contributed by atoms with Gasteiger partial charge in [-0.15, -0.1) is 0 Å². The lowest BCUT2D eigenvalue weighted by Gasteiger charge is -2.34. The number of hydrogen-bond donors (Lipinski definition) is 0. The van der Waals surface area contributed by atoms with E-state index in [-0.39, 0.29) is 24.2 Å². The van der Waals surface area contributed by atoms with Gasteiger partial charge in [0.2, 0.25) is 5.83 Å². The van der Waals surface area contributed by atoms with Crippen molar-refractivity contribution >= 4 is 28.7 Å². The number of hydrogen-bond acceptors (Lipinski definition) is 4. The van der Waals surface area contributed by atoms with Gasteiger partial charge >= 0.3 is 5.97 Å². The molecule has 0 N–H and O–H groups in total. The fourth-order valence-corrected chi connectivity index (χ4v) is 4.16. The van der Waals surface area contributed by atoms with Crippen molar-refractivity contribution in [1.29, 1.82) is 0 Å². The van der Waals surface area contributed by atoms with Crippen molar-refractivity contribution in [3.05, 3.63) is 57.9 Å². The quantitative estimate of drug-likeness (QED) is 0.192. The molecular formula is C29H38ClFO4. The Hall–Kier alpha value is -2.53. The van der Waals surface area contributed by atoms with Crippen LogP contribution in [-0.2, 0) is 9.53 Å². The number of carbonyl (C=O) groups excluding carboxylic acids is 1. The minimum atomic E-state index is -0.959. The summed E-state index contributed by atoms with van der Waals surface area (Å²) in [4.78, 5) is 11.7. The number of carbonyl (C=O) groups is 1. The standard InChI is InChI=1S/C29H38ClFO4/c1-10-20(14-12-13-19(7)25(31)28(32)33-11-2)21-15-22-23(17(3)4)16-29(8,9)35-27(22)24(30)26(21)34-18(5)6/h12-18H,10-11H2,1-9H3/b13-12+,20-14+,25-19+. The van der Waals surface area contributed by atoms with E-state index in [4.69, 9.17) is 25.8 Å². The molecule has 0 radical (unpaired) electrons. The van der Waals surface area contributed by atoms with Gasteiger partial charge < -0.3 is 14.2 Å². The van der Waals surface area contributed by atoms with E-state index < -0.39 is 17.4 Å². The maximum Gasteiger partial charge on any atom is 0.367 e. The van der Waals surface area contributed by atoms with Crippen LogP contribution in [0, 0.1) is 5.92 Å². The van der Waals surface area contributed by atoms with Gasteiger partial charge in [0.15, 0.2) is 5.75 Å². The van der Waals surface area contributed by atoms with Crippen molar-refractivity contribution in [3.63, 3.8) is 0 Å². The van der Waals surface area contributed by atoms with Crippen LogP contribution in [0.1, 0.15) is 79.9 Å². The summed E-state index contributed by atoms with van der Waals surface area (Å²) in [5.41, 5.74) is 3.63. The van der Waals surface area contributed by atoms with Crippen LogP contribution in [-0.4, -0.2) is 24.3 Å². The molecule has 0 aromatic heterocycles. The lowest BCUT2D eigenvalue weighted by Crippen LogP contribution is -2.30. The molecular weight excluding hydrogens is 467 g/mol. The van der Waals surface area contributed by atoms with Gasteiger partial charge in [0.25, 0.3) is 0 Å². The molecule has 2 rings (SSSR count). The Morgan fingerprint density at radius 3 is 2.43 bits per heavy atom. The number of esters is 1. The van der Waals surface area contributed by atoms with E-state index in [0.29, 0.717) is 22.9 Å². The molecule has 1 heterocycles. The molecule has 0 fully saturated rings. The van der Waals surface area contributed by atoms with E-state index in [1.807, 2.05) is 40.7 Å². The predicted octanol–water partition coefficient (Wildman–Crippen LogP) is 8.49. The van der Waals surface area contributed by atoms with E-state index in [0.717, 1.165) is 22.3 Å². The van der Waals surface area contributed by atoms with Gasteiger partial charge in [0, 0.05) is 11.1 Å². The monoisotopic (exact) mass is 504 g/mol. The van der Waals surface area contributed by atoms with Crippen LogP contribution in [0.2, 0.25) is 5.02 Å². The largest absolute Gasteiger partial charge is 0.489 e. The van der Waals surface area contributed by atoms with Crippen LogP contribution in [0.5, 0.6) is 11.5 Å². The van der Waals surface area contributed by atoms with Gasteiger partial charge in [-0.2, -0.15) is 4.39 Å². The highest BCUT2D eigenvalue weighted by Crippen LogP contribution is 2.50. The highest BCUT2D eigenvalue weighted by Gasteiger charge is 2.32. The fourth-order valence-electron chi connectivity index (χ4n) is 3.88. The Kier molecular flexibility index (Phi) is 9.79. The highest BCUT2D eigenvalue weighted by atomic mass is 35.5. The molecule has 1 aliphatic rings. The van der Waals surface area contributed by atoms with Crippen LogP contribution < -0.4 is 9.47 Å². The van der Waals surface area contributed by atoms with E-state index in [1.54, 1.807) is 19.1 Å². The predicted molar refractivity (Wildman–Crippen MR) is 143 cm³/mol. The normalized spacial score (nSPS) is 16.1. The zero-order valence-electron chi connectivity index (χ0n) is 22.3. The lowest BCUT2D eigenvalue weighted by atomic mass is 9.85. The van der Waals surface area contributed by atoms with Gasteiger partial charge in [-0.1, -0.05) is 50.6 Å². The Balaban J connectivity index is 2.66. The SMILES string of the molecule is CCOC(=O)\C(F)=C(C)/C=C/C=C(\CC)c1cc2c(c(Cl)c1OC(C)C)OC(C)(C)C=C2C(C)C. The number of allylic oxidation sites excluding steroid dienone is 6. The summed E-state index contributed by atoms with van der Waals surface area (Å²) < 4.78 is 31.4. The first kappa shape index (κ1) is 28.7. The summed E-state index contributed by atoms with van der Waals surface area (Å²) in [5, 5.41) is 0.443. The van der Waals surface area contributed by atoms with Crippen LogP contribution in [0.15, 0.2) is 41.8 Å². The summed E-state index contributed by atoms with van der Waals surface area (Å²) in [5.74, 6) is -0.400. The topological polar surface area (TPSA) is 44.8 Å². The molecule has 1 aliphatic heterocycles. The zero-order valence-corrected chi connectivity index (χ0v) is 23.1. The Morgan fingerprint density at radius 2 is 1.89 bits per heavy atom. The van der Waals surface area contributed by atoms with Crippen LogP contribution in [0.4, 0.5) is 4.39 Å². The van der Waals surface area contributed by atoms with Crippen molar-refractivity contribution in [2.75, 3.05) is 6.61 Å². The van der Waals surface area contributed by atoms with Gasteiger partial charge in [0.1, 0.15) is 16.4 Å². The smallest absolute Gasteiger partial charge is 0.367 e. The Bertz CT molecular complexity index is 1070. The fraction of sp³-hybridized carbons (Fsp3) is 0.483. The first-order valence-corrected chi connectivity index (χ1v) is 12.6. The number of rotatable bonds is 9. The Morgan fingerprint density at radius 1 is 1.23 bits per heavy atom. The number of halogens is 2. The zero-order chi connectivity index (χ0) is 26.5. The van der Waals surface area contributed by atoms with Gasteiger partial charge in [-0.25, -0.2) is 4.79 Å².